The Morgan fingerprint density at radius 2 is 1.34 bits per heavy atom. The van der Waals surface area contributed by atoms with Gasteiger partial charge in [0, 0.05) is 68.0 Å². The minimum atomic E-state index is -1.73. The molecule has 1 N–H and O–H groups in total. The van der Waals surface area contributed by atoms with Crippen molar-refractivity contribution in [2.75, 3.05) is 0 Å². The van der Waals surface area contributed by atoms with E-state index in [4.69, 9.17) is 9.97 Å². The van der Waals surface area contributed by atoms with Crippen LogP contribution in [0, 0.1) is 11.5 Å². The standard InChI is InChI=1S/C61H55N4O.Pt/c1-60(2,3)35-37-30-41(32-42(31-37)51-34-49-40(36-62-51)26-28-47-46-22-14-21-45-44-18-10-12-23-52(44)65(57(45)46)58(47)49)43-20-15-24-54-56(43)63-59(48-19-11-13-25-55(48)66)64(54)53-29-27-39(33-50(53)61(4,5)6)38-16-8-7-9-17-38;/h10-15,18-31,33-34,36,38,66H,7-9,16-17,35H2,1-6H3;/q-1;/i35D2;. The minimum absolute atomic E-state index is 0. The largest absolute Gasteiger partial charge is 0.507 e. The summed E-state index contributed by atoms with van der Waals surface area (Å²) in [5.41, 5.74) is 12.0. The summed E-state index contributed by atoms with van der Waals surface area (Å²) in [5.74, 6) is 1.34. The first-order valence-corrected chi connectivity index (χ1v) is 23.7. The molecule has 1 aliphatic carbocycles. The van der Waals surface area contributed by atoms with Crippen LogP contribution in [0.25, 0.3) is 99.4 Å². The van der Waals surface area contributed by atoms with Crippen LogP contribution >= 0.6 is 0 Å². The van der Waals surface area contributed by atoms with E-state index < -0.39 is 11.8 Å². The summed E-state index contributed by atoms with van der Waals surface area (Å²) in [6, 6.07) is 50.2. The van der Waals surface area contributed by atoms with Crippen molar-refractivity contribution in [3.63, 3.8) is 0 Å². The van der Waals surface area contributed by atoms with E-state index in [0.717, 1.165) is 44.1 Å². The third-order valence-corrected chi connectivity index (χ3v) is 14.0. The van der Waals surface area contributed by atoms with Crippen molar-refractivity contribution >= 4 is 59.9 Å². The van der Waals surface area contributed by atoms with Crippen LogP contribution in [-0.4, -0.2) is 24.0 Å². The molecular weight excluding hydrogens is 1000 g/mol. The van der Waals surface area contributed by atoms with Crippen molar-refractivity contribution in [1.29, 1.82) is 0 Å². The second-order valence-electron chi connectivity index (χ2n) is 20.7. The minimum Gasteiger partial charge on any atom is -0.507 e. The predicted molar refractivity (Wildman–Crippen MR) is 276 cm³/mol. The molecule has 0 atom stereocenters. The second-order valence-corrected chi connectivity index (χ2v) is 20.7. The third kappa shape index (κ3) is 7.24. The zero-order valence-corrected chi connectivity index (χ0v) is 41.2. The van der Waals surface area contributed by atoms with Gasteiger partial charge in [0.2, 0.25) is 0 Å². The number of hydrogen-bond acceptors (Lipinski definition) is 3. The first-order valence-electron chi connectivity index (χ1n) is 24.7. The Kier molecular flexibility index (Phi) is 9.90. The molecular formula is C61H55N4OPt-. The van der Waals surface area contributed by atoms with Crippen molar-refractivity contribution in [2.24, 2.45) is 5.41 Å². The Balaban J connectivity index is 0.00000520. The molecule has 0 aliphatic heterocycles. The number of imidazole rings is 1. The Morgan fingerprint density at radius 3 is 2.13 bits per heavy atom. The van der Waals surface area contributed by atoms with Gasteiger partial charge in [-0.25, -0.2) is 4.98 Å². The van der Waals surface area contributed by atoms with E-state index in [0.29, 0.717) is 34.1 Å². The number of pyridine rings is 1. The van der Waals surface area contributed by atoms with E-state index in [1.54, 1.807) is 6.07 Å². The predicted octanol–water partition coefficient (Wildman–Crippen LogP) is 16.2. The molecule has 0 unspecified atom stereocenters. The molecule has 0 bridgehead atoms. The zero-order chi connectivity index (χ0) is 46.9. The van der Waals surface area contributed by atoms with Gasteiger partial charge in [0.05, 0.1) is 38.8 Å². The van der Waals surface area contributed by atoms with E-state index >= 15 is 0 Å². The Labute approximate surface area is 409 Å². The van der Waals surface area contributed by atoms with Gasteiger partial charge >= 0.3 is 0 Å². The fraction of sp³-hybridized carbons (Fsp3) is 0.246. The number of para-hydroxylation sites is 4. The van der Waals surface area contributed by atoms with Crippen LogP contribution in [0.1, 0.15) is 99.0 Å². The van der Waals surface area contributed by atoms with Crippen LogP contribution in [0.2, 0.25) is 0 Å². The SMILES string of the molecule is [2H]C([2H])(c1cc(-c2cc3c(ccc4c5cccc6c7ccccc7n(c34)c65)cn2)[c-]c(-c2cccc3c2nc(-c2ccccc2O)n3-c2ccc(C3CCCCC3)cc2C(C)(C)C)c1)C(C)(C)C.[Pt]. The fourth-order valence-electron chi connectivity index (χ4n) is 11.1. The summed E-state index contributed by atoms with van der Waals surface area (Å²) in [4.78, 5) is 10.6. The van der Waals surface area contributed by atoms with E-state index in [-0.39, 0.29) is 32.2 Å². The Morgan fingerprint density at radius 1 is 0.672 bits per heavy atom. The summed E-state index contributed by atoms with van der Waals surface area (Å²) in [5, 5.41) is 18.5. The number of aromatic hydroxyl groups is 1. The number of phenolic OH excluding ortho intramolecular Hbond substituents is 1. The van der Waals surface area contributed by atoms with Crippen LogP contribution in [0.4, 0.5) is 0 Å². The third-order valence-electron chi connectivity index (χ3n) is 14.0. The van der Waals surface area contributed by atoms with Gasteiger partial charge in [0.25, 0.3) is 0 Å². The maximum Gasteiger partial charge on any atom is 0.148 e. The average molecular weight is 1060 g/mol. The molecule has 336 valence electrons. The maximum atomic E-state index is 11.5. The van der Waals surface area contributed by atoms with Gasteiger partial charge in [-0.05, 0) is 77.4 Å². The van der Waals surface area contributed by atoms with Crippen molar-refractivity contribution in [3.8, 4) is 45.2 Å². The van der Waals surface area contributed by atoms with Gasteiger partial charge in [-0.1, -0.05) is 163 Å². The van der Waals surface area contributed by atoms with Gasteiger partial charge in [-0.3, -0.25) is 9.55 Å². The van der Waals surface area contributed by atoms with Crippen LogP contribution in [0.5, 0.6) is 5.75 Å². The molecule has 1 aliphatic rings. The molecule has 1 saturated carbocycles. The molecule has 11 aromatic rings. The van der Waals surface area contributed by atoms with Crippen LogP contribution < -0.4 is 0 Å². The van der Waals surface area contributed by atoms with Crippen LogP contribution in [0.3, 0.4) is 0 Å². The molecule has 0 radical (unpaired) electrons. The van der Waals surface area contributed by atoms with Crippen molar-refractivity contribution in [2.45, 2.75) is 91.4 Å². The molecule has 4 heterocycles. The molecule has 67 heavy (non-hydrogen) atoms. The number of rotatable bonds is 6. The zero-order valence-electron chi connectivity index (χ0n) is 40.9. The molecule has 0 saturated heterocycles. The first kappa shape index (κ1) is 40.9. The summed E-state index contributed by atoms with van der Waals surface area (Å²) in [7, 11) is 0. The summed E-state index contributed by atoms with van der Waals surface area (Å²) in [6.45, 7) is 12.7. The number of hydrogen-bond donors (Lipinski definition) is 1. The number of phenols is 1. The second kappa shape index (κ2) is 16.2. The Hall–Kier alpha value is -6.29. The summed E-state index contributed by atoms with van der Waals surface area (Å²) < 4.78 is 24.0. The Bertz CT molecular complexity index is 3810. The van der Waals surface area contributed by atoms with E-state index in [1.165, 1.54) is 75.8 Å². The number of nitrogens with zero attached hydrogens (tertiary/aromatic N) is 4. The molecule has 12 rings (SSSR count). The number of aromatic nitrogens is 4. The van der Waals surface area contributed by atoms with Crippen LogP contribution in [0.15, 0.2) is 140 Å². The summed E-state index contributed by atoms with van der Waals surface area (Å²) >= 11 is 0. The number of fused-ring (bicyclic) bond motifs is 9. The van der Waals surface area contributed by atoms with Crippen molar-refractivity contribution in [3.05, 3.63) is 162 Å². The monoisotopic (exact) mass is 1060 g/mol. The van der Waals surface area contributed by atoms with Crippen molar-refractivity contribution < 1.29 is 28.9 Å². The topological polar surface area (TPSA) is 55.4 Å². The van der Waals surface area contributed by atoms with E-state index in [1.807, 2.05) is 57.3 Å². The molecule has 4 aromatic heterocycles. The van der Waals surface area contributed by atoms with E-state index in [2.05, 4.69) is 133 Å². The summed E-state index contributed by atoms with van der Waals surface area (Å²) in [6.07, 6.45) is 6.49. The molecule has 5 nitrogen and oxygen atoms in total. The van der Waals surface area contributed by atoms with E-state index in [9.17, 15) is 7.85 Å². The normalized spacial score (nSPS) is 14.7. The smallest absolute Gasteiger partial charge is 0.148 e. The first-order chi connectivity index (χ1) is 32.7. The molecule has 1 fully saturated rings. The quantitative estimate of drug-likeness (QED) is 0.169. The molecule has 6 heteroatoms. The molecule has 7 aromatic carbocycles. The average Bonchev–Trinajstić information content (AvgIpc) is 4.01. The van der Waals surface area contributed by atoms with Gasteiger partial charge in [-0.2, -0.15) is 0 Å². The van der Waals surface area contributed by atoms with Gasteiger partial charge in [0.1, 0.15) is 11.6 Å². The molecule has 0 amide bonds. The van der Waals surface area contributed by atoms with Gasteiger partial charge < -0.3 is 9.51 Å². The van der Waals surface area contributed by atoms with Crippen molar-refractivity contribution in [1.82, 2.24) is 18.9 Å². The van der Waals surface area contributed by atoms with Gasteiger partial charge in [-0.15, -0.1) is 29.3 Å². The van der Waals surface area contributed by atoms with Crippen LogP contribution in [-0.2, 0) is 32.9 Å². The number of benzene rings is 7. The van der Waals surface area contributed by atoms with Gasteiger partial charge in [0.15, 0.2) is 0 Å². The molecule has 0 spiro atoms. The maximum absolute atomic E-state index is 11.5. The fourth-order valence-corrected chi connectivity index (χ4v) is 11.1.